The largest absolute Gasteiger partial charge is 0.393 e. The third-order valence-electron chi connectivity index (χ3n) is 2.54. The fourth-order valence-corrected chi connectivity index (χ4v) is 2.05. The Bertz CT molecular complexity index is 423. The number of rotatable bonds is 5. The molecule has 18 heavy (non-hydrogen) atoms. The van der Waals surface area contributed by atoms with Crippen molar-refractivity contribution >= 4 is 21.8 Å². The van der Waals surface area contributed by atoms with E-state index in [-0.39, 0.29) is 22.4 Å². The first-order valence-electron chi connectivity index (χ1n) is 5.81. The summed E-state index contributed by atoms with van der Waals surface area (Å²) in [6.45, 7) is 4.15. The number of carbonyl (C=O) groups excluding carboxylic acids is 1. The van der Waals surface area contributed by atoms with E-state index in [1.165, 1.54) is 18.2 Å². The predicted octanol–water partition coefficient (Wildman–Crippen LogP) is 2.73. The van der Waals surface area contributed by atoms with Crippen LogP contribution in [0.3, 0.4) is 0 Å². The molecule has 2 unspecified atom stereocenters. The fourth-order valence-electron chi connectivity index (χ4n) is 1.67. The van der Waals surface area contributed by atoms with Crippen LogP contribution in [0.25, 0.3) is 0 Å². The molecule has 1 aromatic carbocycles. The van der Waals surface area contributed by atoms with Gasteiger partial charge in [0.1, 0.15) is 5.82 Å². The second kappa shape index (κ2) is 6.85. The lowest BCUT2D eigenvalue weighted by molar-refractivity contribution is 0.0939. The second-order valence-electron chi connectivity index (χ2n) is 4.53. The van der Waals surface area contributed by atoms with E-state index >= 15 is 0 Å². The van der Waals surface area contributed by atoms with Crippen molar-refractivity contribution in [3.63, 3.8) is 0 Å². The summed E-state index contributed by atoms with van der Waals surface area (Å²) in [5, 5.41) is 12.0. The fraction of sp³-hybridized carbons (Fsp3) is 0.462. The topological polar surface area (TPSA) is 49.3 Å². The van der Waals surface area contributed by atoms with Gasteiger partial charge in [-0.1, -0.05) is 6.92 Å². The number of halogens is 2. The third-order valence-corrected chi connectivity index (χ3v) is 3.14. The summed E-state index contributed by atoms with van der Waals surface area (Å²) >= 11 is 3.04. The Balaban J connectivity index is 2.52. The molecule has 1 rings (SSSR count). The number of aliphatic hydroxyl groups is 1. The van der Waals surface area contributed by atoms with Crippen LogP contribution in [0, 0.1) is 11.7 Å². The Morgan fingerprint density at radius 1 is 1.50 bits per heavy atom. The van der Waals surface area contributed by atoms with E-state index in [1.54, 1.807) is 6.92 Å². The molecular weight excluding hydrogens is 301 g/mol. The van der Waals surface area contributed by atoms with Crippen molar-refractivity contribution in [2.45, 2.75) is 26.4 Å². The van der Waals surface area contributed by atoms with Crippen molar-refractivity contribution < 1.29 is 14.3 Å². The van der Waals surface area contributed by atoms with E-state index in [0.29, 0.717) is 18.5 Å². The minimum Gasteiger partial charge on any atom is -0.393 e. The maximum atomic E-state index is 13.0. The van der Waals surface area contributed by atoms with E-state index in [4.69, 9.17) is 0 Å². The average Bonchev–Trinajstić information content (AvgIpc) is 2.28. The number of aliphatic hydroxyl groups excluding tert-OH is 1. The third kappa shape index (κ3) is 4.74. The molecule has 100 valence electrons. The smallest absolute Gasteiger partial charge is 0.251 e. The molecule has 3 nitrogen and oxygen atoms in total. The van der Waals surface area contributed by atoms with Gasteiger partial charge in [0.15, 0.2) is 0 Å². The van der Waals surface area contributed by atoms with Gasteiger partial charge in [-0.05, 0) is 53.4 Å². The van der Waals surface area contributed by atoms with Crippen LogP contribution in [0.15, 0.2) is 22.7 Å². The summed E-state index contributed by atoms with van der Waals surface area (Å²) in [6, 6.07) is 4.14. The summed E-state index contributed by atoms with van der Waals surface area (Å²) in [5.74, 6) is -0.444. The lowest BCUT2D eigenvalue weighted by Crippen LogP contribution is -2.29. The number of nitrogens with one attached hydrogen (secondary N) is 1. The number of benzene rings is 1. The van der Waals surface area contributed by atoms with Gasteiger partial charge in [0.2, 0.25) is 0 Å². The van der Waals surface area contributed by atoms with Crippen LogP contribution >= 0.6 is 15.9 Å². The van der Waals surface area contributed by atoms with Crippen LogP contribution in [0.1, 0.15) is 30.6 Å². The van der Waals surface area contributed by atoms with Crippen molar-refractivity contribution in [3.05, 3.63) is 34.1 Å². The second-order valence-corrected chi connectivity index (χ2v) is 5.38. The number of carbonyl (C=O) groups is 1. The van der Waals surface area contributed by atoms with E-state index < -0.39 is 5.82 Å². The number of amides is 1. The van der Waals surface area contributed by atoms with Gasteiger partial charge in [-0.25, -0.2) is 4.39 Å². The first-order chi connectivity index (χ1) is 8.40. The molecule has 0 heterocycles. The highest BCUT2D eigenvalue weighted by atomic mass is 79.9. The van der Waals surface area contributed by atoms with Crippen molar-refractivity contribution in [1.82, 2.24) is 5.32 Å². The highest BCUT2D eigenvalue weighted by Gasteiger charge is 2.11. The Labute approximate surface area is 115 Å². The van der Waals surface area contributed by atoms with Gasteiger partial charge in [-0.2, -0.15) is 0 Å². The van der Waals surface area contributed by atoms with Gasteiger partial charge in [-0.15, -0.1) is 0 Å². The Kier molecular flexibility index (Phi) is 5.75. The monoisotopic (exact) mass is 317 g/mol. The van der Waals surface area contributed by atoms with Gasteiger partial charge in [0.05, 0.1) is 10.6 Å². The summed E-state index contributed by atoms with van der Waals surface area (Å²) in [6.07, 6.45) is 0.254. The summed E-state index contributed by atoms with van der Waals surface area (Å²) < 4.78 is 13.3. The SMILES string of the molecule is CC(O)CC(C)CNC(=O)c1ccc(F)c(Br)c1. The molecule has 2 N–H and O–H groups in total. The molecule has 0 saturated heterocycles. The van der Waals surface area contributed by atoms with Crippen LogP contribution in [0.4, 0.5) is 4.39 Å². The molecule has 0 aliphatic carbocycles. The highest BCUT2D eigenvalue weighted by molar-refractivity contribution is 9.10. The van der Waals surface area contributed by atoms with Crippen LogP contribution in [0.5, 0.6) is 0 Å². The maximum absolute atomic E-state index is 13.0. The summed E-state index contributed by atoms with van der Waals surface area (Å²) in [7, 11) is 0. The van der Waals surface area contributed by atoms with Crippen molar-refractivity contribution in [2.75, 3.05) is 6.54 Å². The molecule has 1 amide bonds. The van der Waals surface area contributed by atoms with E-state index in [2.05, 4.69) is 21.2 Å². The summed E-state index contributed by atoms with van der Waals surface area (Å²) in [5.41, 5.74) is 0.410. The van der Waals surface area contributed by atoms with Crippen molar-refractivity contribution in [3.8, 4) is 0 Å². The van der Waals surface area contributed by atoms with Crippen molar-refractivity contribution in [2.24, 2.45) is 5.92 Å². The van der Waals surface area contributed by atoms with E-state index in [1.807, 2.05) is 6.92 Å². The molecule has 0 saturated carbocycles. The minimum atomic E-state index is -0.394. The van der Waals surface area contributed by atoms with E-state index in [9.17, 15) is 14.3 Å². The summed E-state index contributed by atoms with van der Waals surface area (Å²) in [4.78, 5) is 11.8. The highest BCUT2D eigenvalue weighted by Crippen LogP contribution is 2.16. The average molecular weight is 318 g/mol. The van der Waals surface area contributed by atoms with Crippen LogP contribution in [0.2, 0.25) is 0 Å². The van der Waals surface area contributed by atoms with Crippen LogP contribution in [-0.4, -0.2) is 23.7 Å². The minimum absolute atomic E-state index is 0.192. The molecule has 0 aliphatic heterocycles. The molecule has 1 aromatic rings. The molecule has 5 heteroatoms. The van der Waals surface area contributed by atoms with Gasteiger partial charge in [0.25, 0.3) is 5.91 Å². The quantitative estimate of drug-likeness (QED) is 0.877. The first-order valence-corrected chi connectivity index (χ1v) is 6.60. The maximum Gasteiger partial charge on any atom is 0.251 e. The standard InChI is InChI=1S/C13H17BrFNO2/c1-8(5-9(2)17)7-16-13(18)10-3-4-12(15)11(14)6-10/h3-4,6,8-9,17H,5,7H2,1-2H3,(H,16,18). The van der Waals surface area contributed by atoms with Gasteiger partial charge >= 0.3 is 0 Å². The lowest BCUT2D eigenvalue weighted by Gasteiger charge is -2.14. The molecule has 0 aromatic heterocycles. The lowest BCUT2D eigenvalue weighted by atomic mass is 10.0. The van der Waals surface area contributed by atoms with Gasteiger partial charge < -0.3 is 10.4 Å². The van der Waals surface area contributed by atoms with Crippen LogP contribution in [-0.2, 0) is 0 Å². The zero-order valence-corrected chi connectivity index (χ0v) is 12.0. The molecule has 0 aliphatic rings. The van der Waals surface area contributed by atoms with Crippen LogP contribution < -0.4 is 5.32 Å². The molecule has 0 fully saturated rings. The van der Waals surface area contributed by atoms with Crippen molar-refractivity contribution in [1.29, 1.82) is 0 Å². The Morgan fingerprint density at radius 3 is 2.72 bits per heavy atom. The molecule has 0 spiro atoms. The molecule has 2 atom stereocenters. The zero-order chi connectivity index (χ0) is 13.7. The van der Waals surface area contributed by atoms with Gasteiger partial charge in [0, 0.05) is 12.1 Å². The number of hydrogen-bond donors (Lipinski definition) is 2. The molecular formula is C13H17BrFNO2. The predicted molar refractivity (Wildman–Crippen MR) is 71.9 cm³/mol. The van der Waals surface area contributed by atoms with Gasteiger partial charge in [-0.3, -0.25) is 4.79 Å². The Hall–Kier alpha value is -0.940. The number of hydrogen-bond acceptors (Lipinski definition) is 2. The van der Waals surface area contributed by atoms with E-state index in [0.717, 1.165) is 0 Å². The first kappa shape index (κ1) is 15.1. The molecule has 0 radical (unpaired) electrons. The molecule has 0 bridgehead atoms. The Morgan fingerprint density at radius 2 is 2.17 bits per heavy atom. The normalized spacial score (nSPS) is 14.1. The zero-order valence-electron chi connectivity index (χ0n) is 10.4.